The Balaban J connectivity index is 1.29. The standard InChI is InChI=1S/C23H24FN5O/c24-19-4-2-15(3-5-19)21-8-16(20(25)12-26-21)10-23(30)29-13-17-9-22(28-6-1-7-28)27-11-18(17)14-29/h2-5,8-9,11-12,17-18H,1,6-7,10,13-14,25H2. The molecular formula is C23H24FN5O. The number of carbonyl (C=O) groups excluding carboxylic acids is 1. The van der Waals surface area contributed by atoms with Crippen LogP contribution in [0.5, 0.6) is 0 Å². The third kappa shape index (κ3) is 3.56. The van der Waals surface area contributed by atoms with Crippen molar-refractivity contribution < 1.29 is 9.18 Å². The van der Waals surface area contributed by atoms with E-state index in [1.54, 1.807) is 18.3 Å². The van der Waals surface area contributed by atoms with Crippen molar-refractivity contribution in [3.8, 4) is 11.3 Å². The first-order valence-corrected chi connectivity index (χ1v) is 10.4. The fraction of sp³-hybridized carbons (Fsp3) is 0.348. The lowest BCUT2D eigenvalue weighted by atomic mass is 9.95. The molecule has 3 aliphatic rings. The molecule has 0 spiro atoms. The van der Waals surface area contributed by atoms with Crippen LogP contribution in [0.25, 0.3) is 11.3 Å². The summed E-state index contributed by atoms with van der Waals surface area (Å²) in [5, 5.41) is 0. The number of carbonyl (C=O) groups is 1. The van der Waals surface area contributed by atoms with Gasteiger partial charge in [-0.1, -0.05) is 0 Å². The number of halogens is 1. The van der Waals surface area contributed by atoms with Crippen molar-refractivity contribution in [2.45, 2.75) is 12.8 Å². The molecule has 4 heterocycles. The predicted octanol–water partition coefficient (Wildman–Crippen LogP) is 2.72. The van der Waals surface area contributed by atoms with Gasteiger partial charge in [0.25, 0.3) is 0 Å². The fourth-order valence-electron chi connectivity index (χ4n) is 4.24. The maximum Gasteiger partial charge on any atom is 0.227 e. The number of pyridine rings is 1. The van der Waals surface area contributed by atoms with Crippen LogP contribution >= 0.6 is 0 Å². The number of likely N-dealkylation sites (tertiary alicyclic amines) is 2. The number of anilines is 1. The van der Waals surface area contributed by atoms with Crippen molar-refractivity contribution in [1.82, 2.24) is 14.8 Å². The van der Waals surface area contributed by atoms with Crippen LogP contribution in [-0.2, 0) is 11.2 Å². The molecule has 2 unspecified atom stereocenters. The number of aromatic nitrogens is 1. The number of hydrogen-bond donors (Lipinski definition) is 1. The first kappa shape index (κ1) is 18.8. The van der Waals surface area contributed by atoms with Crippen LogP contribution in [0.2, 0.25) is 0 Å². The lowest BCUT2D eigenvalue weighted by molar-refractivity contribution is -0.129. The van der Waals surface area contributed by atoms with E-state index in [4.69, 9.17) is 5.73 Å². The molecule has 0 bridgehead atoms. The molecule has 1 aromatic carbocycles. The van der Waals surface area contributed by atoms with E-state index in [2.05, 4.69) is 21.0 Å². The number of aliphatic imine (C=N–C) groups is 1. The topological polar surface area (TPSA) is 74.8 Å². The van der Waals surface area contributed by atoms with Crippen molar-refractivity contribution in [2.75, 3.05) is 31.9 Å². The second kappa shape index (κ2) is 7.55. The van der Waals surface area contributed by atoms with Crippen LogP contribution in [0.4, 0.5) is 10.1 Å². The van der Waals surface area contributed by atoms with E-state index in [1.165, 1.54) is 18.6 Å². The summed E-state index contributed by atoms with van der Waals surface area (Å²) >= 11 is 0. The normalized spacial score (nSPS) is 22.5. The van der Waals surface area contributed by atoms with Gasteiger partial charge in [0.2, 0.25) is 5.91 Å². The summed E-state index contributed by atoms with van der Waals surface area (Å²) in [7, 11) is 0. The van der Waals surface area contributed by atoms with Crippen LogP contribution in [0, 0.1) is 17.7 Å². The van der Waals surface area contributed by atoms with Crippen LogP contribution < -0.4 is 5.73 Å². The van der Waals surface area contributed by atoms with E-state index in [-0.39, 0.29) is 24.1 Å². The van der Waals surface area contributed by atoms with Gasteiger partial charge in [-0.15, -0.1) is 0 Å². The molecule has 2 saturated heterocycles. The van der Waals surface area contributed by atoms with E-state index in [9.17, 15) is 9.18 Å². The SMILES string of the molecule is Nc1cnc(-c2ccc(F)cc2)cc1CC(=O)N1CC2C=NC(N3CCC3)=CC2C1. The van der Waals surface area contributed by atoms with Crippen molar-refractivity contribution >= 4 is 17.8 Å². The van der Waals surface area contributed by atoms with E-state index in [0.29, 0.717) is 30.4 Å². The summed E-state index contributed by atoms with van der Waals surface area (Å²) in [6.45, 7) is 3.54. The maximum absolute atomic E-state index is 13.2. The third-order valence-electron chi connectivity index (χ3n) is 6.21. The molecule has 2 N–H and O–H groups in total. The maximum atomic E-state index is 13.2. The third-order valence-corrected chi connectivity index (χ3v) is 6.21. The van der Waals surface area contributed by atoms with Crippen molar-refractivity contribution in [1.29, 1.82) is 0 Å². The van der Waals surface area contributed by atoms with E-state index in [1.807, 2.05) is 17.2 Å². The lowest BCUT2D eigenvalue weighted by Gasteiger charge is -2.35. The fourth-order valence-corrected chi connectivity index (χ4v) is 4.24. The number of rotatable bonds is 4. The van der Waals surface area contributed by atoms with E-state index >= 15 is 0 Å². The molecule has 30 heavy (non-hydrogen) atoms. The zero-order valence-electron chi connectivity index (χ0n) is 16.7. The minimum Gasteiger partial charge on any atom is -0.397 e. The Morgan fingerprint density at radius 2 is 1.93 bits per heavy atom. The molecule has 0 saturated carbocycles. The summed E-state index contributed by atoms with van der Waals surface area (Å²) in [5.74, 6) is 1.42. The van der Waals surface area contributed by atoms with Gasteiger partial charge < -0.3 is 15.5 Å². The van der Waals surface area contributed by atoms with Gasteiger partial charge in [0, 0.05) is 49.8 Å². The van der Waals surface area contributed by atoms with Gasteiger partial charge in [0.15, 0.2) is 0 Å². The highest BCUT2D eigenvalue weighted by Crippen LogP contribution is 2.31. The Morgan fingerprint density at radius 3 is 2.67 bits per heavy atom. The molecule has 1 aromatic heterocycles. The molecule has 3 aliphatic heterocycles. The summed E-state index contributed by atoms with van der Waals surface area (Å²) in [5.41, 5.74) is 8.80. The Labute approximate surface area is 174 Å². The number of amides is 1. The second-order valence-corrected chi connectivity index (χ2v) is 8.22. The van der Waals surface area contributed by atoms with Crippen LogP contribution in [0.3, 0.4) is 0 Å². The van der Waals surface area contributed by atoms with Gasteiger partial charge in [0.05, 0.1) is 24.0 Å². The Morgan fingerprint density at radius 1 is 1.17 bits per heavy atom. The quantitative estimate of drug-likeness (QED) is 0.849. The van der Waals surface area contributed by atoms with Crippen molar-refractivity contribution in [2.24, 2.45) is 16.8 Å². The van der Waals surface area contributed by atoms with Crippen LogP contribution in [0.1, 0.15) is 12.0 Å². The largest absolute Gasteiger partial charge is 0.397 e. The number of hydrogen-bond acceptors (Lipinski definition) is 5. The first-order valence-electron chi connectivity index (χ1n) is 10.4. The summed E-state index contributed by atoms with van der Waals surface area (Å²) < 4.78 is 13.2. The predicted molar refractivity (Wildman–Crippen MR) is 114 cm³/mol. The highest BCUT2D eigenvalue weighted by atomic mass is 19.1. The molecule has 5 rings (SSSR count). The van der Waals surface area contributed by atoms with Gasteiger partial charge in [-0.3, -0.25) is 9.78 Å². The smallest absolute Gasteiger partial charge is 0.227 e. The van der Waals surface area contributed by atoms with Crippen LogP contribution in [0.15, 0.2) is 53.4 Å². The van der Waals surface area contributed by atoms with Gasteiger partial charge >= 0.3 is 0 Å². The number of benzene rings is 1. The van der Waals surface area contributed by atoms with Gasteiger partial charge in [-0.2, -0.15) is 0 Å². The summed E-state index contributed by atoms with van der Waals surface area (Å²) in [6.07, 6.45) is 7.25. The molecule has 2 aromatic rings. The molecule has 7 heteroatoms. The molecule has 1 amide bonds. The van der Waals surface area contributed by atoms with Gasteiger partial charge in [-0.25, -0.2) is 9.38 Å². The molecular weight excluding hydrogens is 381 g/mol. The van der Waals surface area contributed by atoms with Crippen LogP contribution in [-0.4, -0.2) is 53.1 Å². The number of nitrogens with two attached hydrogens (primary N) is 1. The molecule has 2 atom stereocenters. The molecule has 0 radical (unpaired) electrons. The molecule has 154 valence electrons. The Kier molecular flexibility index (Phi) is 4.73. The Bertz CT molecular complexity index is 1030. The monoisotopic (exact) mass is 405 g/mol. The number of nitrogens with zero attached hydrogens (tertiary/aromatic N) is 4. The zero-order valence-corrected chi connectivity index (χ0v) is 16.7. The highest BCUT2D eigenvalue weighted by molar-refractivity contribution is 5.82. The lowest BCUT2D eigenvalue weighted by Crippen LogP contribution is -2.37. The van der Waals surface area contributed by atoms with Gasteiger partial charge in [-0.05, 0) is 48.4 Å². The van der Waals surface area contributed by atoms with Crippen molar-refractivity contribution in [3.05, 3.63) is 59.8 Å². The molecule has 0 aliphatic carbocycles. The van der Waals surface area contributed by atoms with Crippen molar-refractivity contribution in [3.63, 3.8) is 0 Å². The van der Waals surface area contributed by atoms with Gasteiger partial charge in [0.1, 0.15) is 11.6 Å². The number of fused-ring (bicyclic) bond motifs is 1. The highest BCUT2D eigenvalue weighted by Gasteiger charge is 2.36. The molecule has 2 fully saturated rings. The zero-order chi connectivity index (χ0) is 20.7. The average molecular weight is 405 g/mol. The number of nitrogen functional groups attached to an aromatic ring is 1. The minimum atomic E-state index is -0.296. The first-order chi connectivity index (χ1) is 14.6. The van der Waals surface area contributed by atoms with E-state index in [0.717, 1.165) is 30.0 Å². The second-order valence-electron chi connectivity index (χ2n) is 8.22. The van der Waals surface area contributed by atoms with E-state index < -0.39 is 0 Å². The average Bonchev–Trinajstić information content (AvgIpc) is 3.13. The Hall–Kier alpha value is -3.22. The molecule has 6 nitrogen and oxygen atoms in total. The minimum absolute atomic E-state index is 0.0552. The summed E-state index contributed by atoms with van der Waals surface area (Å²) in [6, 6.07) is 7.96. The summed E-state index contributed by atoms with van der Waals surface area (Å²) in [4.78, 5) is 26.2.